The van der Waals surface area contributed by atoms with Crippen molar-refractivity contribution in [3.05, 3.63) is 150 Å². The molecule has 5 aliphatic rings. The number of nitrogens with zero attached hydrogens (tertiary/aromatic N) is 5. The summed E-state index contributed by atoms with van der Waals surface area (Å²) in [5.74, 6) is 2.42. The Morgan fingerprint density at radius 2 is 1.12 bits per heavy atom. The van der Waals surface area contributed by atoms with Crippen LogP contribution in [0, 0.1) is 0 Å². The van der Waals surface area contributed by atoms with Crippen LogP contribution in [0.15, 0.2) is 127 Å². The quantitative estimate of drug-likeness (QED) is 0.154. The molecular formula is C44H27N5+2. The molecule has 1 unspecified atom stereocenters. The summed E-state index contributed by atoms with van der Waals surface area (Å²) in [7, 11) is 0. The van der Waals surface area contributed by atoms with Crippen LogP contribution in [0.5, 0.6) is 0 Å². The highest BCUT2D eigenvalue weighted by atomic mass is 15.5. The number of hydrogen-bond donors (Lipinski definition) is 0. The average molecular weight is 626 g/mol. The van der Waals surface area contributed by atoms with Crippen molar-refractivity contribution >= 4 is 60.8 Å². The van der Waals surface area contributed by atoms with E-state index in [1.165, 1.54) is 106 Å². The molecule has 9 heterocycles. The van der Waals surface area contributed by atoms with Crippen LogP contribution in [-0.2, 0) is 11.1 Å². The van der Waals surface area contributed by atoms with Crippen molar-refractivity contribution in [3.63, 3.8) is 0 Å². The first-order valence-electron chi connectivity index (χ1n) is 17.3. The van der Waals surface area contributed by atoms with Crippen molar-refractivity contribution in [1.82, 2.24) is 9.13 Å². The van der Waals surface area contributed by atoms with Gasteiger partial charge in [0, 0.05) is 50.2 Å². The van der Waals surface area contributed by atoms with Gasteiger partial charge in [0.15, 0.2) is 22.6 Å². The Morgan fingerprint density at radius 1 is 0.490 bits per heavy atom. The van der Waals surface area contributed by atoms with Crippen LogP contribution in [0.2, 0.25) is 0 Å². The smallest absolute Gasteiger partial charge is 0.308 e. The standard InChI is InChI=1S/C44H27N5/c1-43(2)28-13-5-8-16-32(28)47-37-20-10-18-34-33-17-9-19-36-46-31-15-7-4-12-25(31)27-23-26-24-11-3-6-14-30(24)45-35-22-21-29(43)42(47)38(35)44(48(33)36,49(34)37)39(40(26)45)41(27)46/h3-23H,1-2H3/q+2. The molecule has 0 saturated carbocycles. The number of pyridine rings is 2. The lowest BCUT2D eigenvalue weighted by atomic mass is 9.69. The molecule has 0 amide bonds. The van der Waals surface area contributed by atoms with E-state index in [2.05, 4.69) is 164 Å². The maximum absolute atomic E-state index is 2.70. The Labute approximate surface area is 280 Å². The van der Waals surface area contributed by atoms with E-state index in [1.54, 1.807) is 0 Å². The third-order valence-corrected chi connectivity index (χ3v) is 12.7. The fourth-order valence-electron chi connectivity index (χ4n) is 11.0. The van der Waals surface area contributed by atoms with Gasteiger partial charge in [-0.05, 0) is 60.7 Å². The Balaban J connectivity index is 1.37. The fraction of sp³-hybridized carbons (Fsp3) is 0.0909. The summed E-state index contributed by atoms with van der Waals surface area (Å²) >= 11 is 0. The summed E-state index contributed by atoms with van der Waals surface area (Å²) in [4.78, 5) is 2.59. The van der Waals surface area contributed by atoms with E-state index in [9.17, 15) is 0 Å². The van der Waals surface area contributed by atoms with Crippen molar-refractivity contribution in [1.29, 1.82) is 0 Å². The molecule has 5 aromatic carbocycles. The molecule has 0 radical (unpaired) electrons. The zero-order chi connectivity index (χ0) is 31.7. The number of hydrogen-bond acceptors (Lipinski definition) is 1. The predicted octanol–water partition coefficient (Wildman–Crippen LogP) is 8.78. The van der Waals surface area contributed by atoms with Gasteiger partial charge in [-0.1, -0.05) is 68.4 Å². The summed E-state index contributed by atoms with van der Waals surface area (Å²) in [6.45, 7) is 4.83. The maximum Gasteiger partial charge on any atom is 0.319 e. The van der Waals surface area contributed by atoms with Crippen LogP contribution in [0.25, 0.3) is 66.5 Å². The van der Waals surface area contributed by atoms with Crippen LogP contribution < -0.4 is 14.0 Å². The monoisotopic (exact) mass is 625 g/mol. The van der Waals surface area contributed by atoms with E-state index in [0.29, 0.717) is 0 Å². The molecule has 1 atom stereocenters. The molecule has 0 N–H and O–H groups in total. The molecule has 4 aromatic heterocycles. The van der Waals surface area contributed by atoms with E-state index in [1.807, 2.05) is 0 Å². The minimum atomic E-state index is -0.621. The van der Waals surface area contributed by atoms with Crippen molar-refractivity contribution in [3.8, 4) is 22.9 Å². The second-order valence-electron chi connectivity index (χ2n) is 15.0. The van der Waals surface area contributed by atoms with Crippen molar-refractivity contribution < 1.29 is 9.13 Å². The van der Waals surface area contributed by atoms with Gasteiger partial charge in [-0.2, -0.15) is 18.6 Å². The minimum absolute atomic E-state index is 0.191. The summed E-state index contributed by atoms with van der Waals surface area (Å²) in [5, 5.41) is 5.24. The molecule has 9 aromatic rings. The number of para-hydroxylation sites is 3. The minimum Gasteiger partial charge on any atom is -0.308 e. The van der Waals surface area contributed by atoms with Crippen molar-refractivity contribution in [2.45, 2.75) is 24.9 Å². The third kappa shape index (κ3) is 2.14. The lowest BCUT2D eigenvalue weighted by Crippen LogP contribution is -2.76. The normalized spacial score (nSPS) is 18.6. The van der Waals surface area contributed by atoms with Crippen LogP contribution in [0.1, 0.15) is 36.1 Å². The lowest BCUT2D eigenvalue weighted by Gasteiger charge is -2.46. The molecule has 0 bridgehead atoms. The van der Waals surface area contributed by atoms with Crippen LogP contribution >= 0.6 is 0 Å². The number of anilines is 3. The van der Waals surface area contributed by atoms with E-state index < -0.39 is 5.66 Å². The number of aromatic nitrogens is 4. The molecule has 5 heteroatoms. The molecule has 49 heavy (non-hydrogen) atoms. The highest BCUT2D eigenvalue weighted by molar-refractivity contribution is 6.22. The Hall–Kier alpha value is -6.20. The fourth-order valence-corrected chi connectivity index (χ4v) is 11.0. The molecule has 14 rings (SSSR count). The third-order valence-electron chi connectivity index (χ3n) is 12.7. The van der Waals surface area contributed by atoms with Gasteiger partial charge in [-0.25, -0.2) is 0 Å². The molecule has 1 spiro atoms. The molecule has 5 aliphatic heterocycles. The van der Waals surface area contributed by atoms with Gasteiger partial charge < -0.3 is 4.57 Å². The second kappa shape index (κ2) is 7.13. The largest absolute Gasteiger partial charge is 0.319 e. The van der Waals surface area contributed by atoms with Gasteiger partial charge in [-0.3, -0.25) is 0 Å². The summed E-state index contributed by atoms with van der Waals surface area (Å²) in [5.41, 5.74) is 16.2. The first-order valence-corrected chi connectivity index (χ1v) is 17.3. The Kier molecular flexibility index (Phi) is 3.49. The van der Waals surface area contributed by atoms with Gasteiger partial charge in [0.2, 0.25) is 0 Å². The second-order valence-corrected chi connectivity index (χ2v) is 15.0. The van der Waals surface area contributed by atoms with E-state index in [-0.39, 0.29) is 5.41 Å². The molecule has 0 saturated heterocycles. The average Bonchev–Trinajstić information content (AvgIpc) is 3.76. The summed E-state index contributed by atoms with van der Waals surface area (Å²) in [6.07, 6.45) is 0. The van der Waals surface area contributed by atoms with Gasteiger partial charge in [0.1, 0.15) is 22.3 Å². The number of fused-ring (bicyclic) bond motifs is 12. The van der Waals surface area contributed by atoms with Gasteiger partial charge in [0.05, 0.1) is 16.7 Å². The highest BCUT2D eigenvalue weighted by Crippen LogP contribution is 2.63. The molecule has 226 valence electrons. The molecular weight excluding hydrogens is 599 g/mol. The highest BCUT2D eigenvalue weighted by Gasteiger charge is 2.70. The summed E-state index contributed by atoms with van der Waals surface area (Å²) < 4.78 is 10.6. The SMILES string of the molecule is CC1(C)c2ccccc2N2c3c1ccc1c3C34c5c6c(cc7c8ccccc8n(c57)-c5cccc([n+]53)-c3cccc2[n+]34)c2ccccc2n6-1. The zero-order valence-electron chi connectivity index (χ0n) is 26.9. The molecule has 0 fully saturated rings. The van der Waals surface area contributed by atoms with E-state index in [4.69, 9.17) is 0 Å². The number of rotatable bonds is 0. The van der Waals surface area contributed by atoms with E-state index in [0.717, 1.165) is 0 Å². The first kappa shape index (κ1) is 24.0. The van der Waals surface area contributed by atoms with Crippen LogP contribution in [0.4, 0.5) is 17.2 Å². The van der Waals surface area contributed by atoms with Crippen LogP contribution in [-0.4, -0.2) is 9.13 Å². The van der Waals surface area contributed by atoms with Gasteiger partial charge >= 0.3 is 5.66 Å². The summed E-state index contributed by atoms with van der Waals surface area (Å²) in [6, 6.07) is 48.4. The maximum atomic E-state index is 2.70. The van der Waals surface area contributed by atoms with Gasteiger partial charge in [0.25, 0.3) is 11.6 Å². The molecule has 0 aliphatic carbocycles. The first-order chi connectivity index (χ1) is 24.1. The zero-order valence-corrected chi connectivity index (χ0v) is 26.9. The predicted molar refractivity (Wildman–Crippen MR) is 193 cm³/mol. The van der Waals surface area contributed by atoms with Crippen molar-refractivity contribution in [2.24, 2.45) is 0 Å². The van der Waals surface area contributed by atoms with Crippen LogP contribution in [0.3, 0.4) is 0 Å². The topological polar surface area (TPSA) is 20.9 Å². The van der Waals surface area contributed by atoms with E-state index >= 15 is 0 Å². The van der Waals surface area contributed by atoms with Gasteiger partial charge in [-0.15, -0.1) is 0 Å². The number of benzene rings is 5. The molecule has 5 nitrogen and oxygen atoms in total. The Morgan fingerprint density at radius 3 is 1.90 bits per heavy atom. The van der Waals surface area contributed by atoms with Crippen molar-refractivity contribution in [2.75, 3.05) is 4.90 Å². The Bertz CT molecular complexity index is 3160. The lowest BCUT2D eigenvalue weighted by molar-refractivity contribution is -0.931.